The van der Waals surface area contributed by atoms with Crippen molar-refractivity contribution in [3.8, 4) is 11.5 Å². The van der Waals surface area contributed by atoms with E-state index in [-0.39, 0.29) is 10.9 Å². The Morgan fingerprint density at radius 2 is 1.45 bits per heavy atom. The summed E-state index contributed by atoms with van der Waals surface area (Å²) in [6.07, 6.45) is 0. The molecule has 0 N–H and O–H groups in total. The third kappa shape index (κ3) is 7.37. The van der Waals surface area contributed by atoms with Crippen LogP contribution in [0.3, 0.4) is 0 Å². The van der Waals surface area contributed by atoms with Crippen molar-refractivity contribution < 1.29 is 14.6 Å². The molecule has 0 aliphatic heterocycles. The van der Waals surface area contributed by atoms with Crippen LogP contribution in [0.4, 0.5) is 0 Å². The lowest BCUT2D eigenvalue weighted by Crippen LogP contribution is -2.22. The first kappa shape index (κ1) is 25.4. The van der Waals surface area contributed by atoms with Gasteiger partial charge in [0.1, 0.15) is 11.5 Å². The summed E-state index contributed by atoms with van der Waals surface area (Å²) in [6.45, 7) is 20.4. The van der Waals surface area contributed by atoms with E-state index in [9.17, 15) is 5.11 Å². The van der Waals surface area contributed by atoms with E-state index in [2.05, 4.69) is 60.6 Å². The zero-order valence-electron chi connectivity index (χ0n) is 20.6. The van der Waals surface area contributed by atoms with Gasteiger partial charge >= 0.3 is 0 Å². The van der Waals surface area contributed by atoms with Gasteiger partial charge in [0.15, 0.2) is 0 Å². The Kier molecular flexibility index (Phi) is 8.74. The molecule has 0 aromatic heterocycles. The summed E-state index contributed by atoms with van der Waals surface area (Å²) in [6, 6.07) is 10.1. The summed E-state index contributed by atoms with van der Waals surface area (Å²) in [5, 5.41) is 14.2. The SMILES string of the molecule is Cc1cc(C(C)(C)C)cc(C)c1C([O-])=Pc1ccc(OCC(C)C)cc1OCC(C)C. The van der Waals surface area contributed by atoms with Gasteiger partial charge in [-0.05, 0) is 65.5 Å². The molecule has 2 aromatic rings. The van der Waals surface area contributed by atoms with Crippen molar-refractivity contribution in [3.63, 3.8) is 0 Å². The van der Waals surface area contributed by atoms with Crippen LogP contribution in [0.2, 0.25) is 0 Å². The molecule has 4 heteroatoms. The number of hydrogen-bond acceptors (Lipinski definition) is 3. The molecule has 3 nitrogen and oxygen atoms in total. The molecule has 2 aromatic carbocycles. The third-order valence-corrected chi connectivity index (χ3v) is 5.96. The summed E-state index contributed by atoms with van der Waals surface area (Å²) in [5.74, 6) is 2.35. The van der Waals surface area contributed by atoms with Crippen LogP contribution in [-0.4, -0.2) is 18.7 Å². The number of aryl methyl sites for hydroxylation is 2. The summed E-state index contributed by atoms with van der Waals surface area (Å²) in [7, 11) is 0.619. The van der Waals surface area contributed by atoms with Crippen LogP contribution in [0.5, 0.6) is 11.5 Å². The largest absolute Gasteiger partial charge is 0.823 e. The Morgan fingerprint density at radius 3 is 1.97 bits per heavy atom. The number of ether oxygens (including phenoxy) is 2. The van der Waals surface area contributed by atoms with Crippen molar-refractivity contribution in [1.29, 1.82) is 0 Å². The number of rotatable bonds is 8. The quantitative estimate of drug-likeness (QED) is 0.488. The second-order valence-corrected chi connectivity index (χ2v) is 11.3. The Balaban J connectivity index is 2.44. The molecule has 0 bridgehead atoms. The van der Waals surface area contributed by atoms with Crippen LogP contribution in [0.1, 0.15) is 70.7 Å². The monoisotopic (exact) mass is 441 g/mol. The first-order chi connectivity index (χ1) is 14.4. The normalized spacial score (nSPS) is 12.6. The molecule has 0 saturated carbocycles. The Labute approximate surface area is 190 Å². The van der Waals surface area contributed by atoms with E-state index in [0.717, 1.165) is 33.5 Å². The molecule has 0 aliphatic rings. The fourth-order valence-corrected chi connectivity index (χ4v) is 4.28. The van der Waals surface area contributed by atoms with Crippen LogP contribution in [0.15, 0.2) is 30.3 Å². The molecule has 0 spiro atoms. The van der Waals surface area contributed by atoms with Gasteiger partial charge in [-0.25, -0.2) is 0 Å². The highest BCUT2D eigenvalue weighted by Gasteiger charge is 2.16. The highest BCUT2D eigenvalue weighted by Crippen LogP contribution is 2.29. The Bertz CT molecular complexity index is 898. The summed E-state index contributed by atoms with van der Waals surface area (Å²) in [4.78, 5) is 0. The van der Waals surface area contributed by atoms with Crippen LogP contribution in [0, 0.1) is 25.7 Å². The average Bonchev–Trinajstić information content (AvgIpc) is 2.64. The lowest BCUT2D eigenvalue weighted by atomic mass is 9.84. The highest BCUT2D eigenvalue weighted by atomic mass is 31.1. The molecular weight excluding hydrogens is 403 g/mol. The molecule has 0 atom stereocenters. The van der Waals surface area contributed by atoms with Crippen LogP contribution < -0.4 is 19.9 Å². The lowest BCUT2D eigenvalue weighted by molar-refractivity contribution is -0.207. The van der Waals surface area contributed by atoms with Crippen LogP contribution in [0.25, 0.3) is 0 Å². The van der Waals surface area contributed by atoms with Crippen molar-refractivity contribution in [1.82, 2.24) is 0 Å². The van der Waals surface area contributed by atoms with Gasteiger partial charge in [-0.1, -0.05) is 68.8 Å². The first-order valence-electron chi connectivity index (χ1n) is 11.2. The van der Waals surface area contributed by atoms with E-state index in [1.165, 1.54) is 5.56 Å². The zero-order chi connectivity index (χ0) is 23.3. The molecule has 0 heterocycles. The van der Waals surface area contributed by atoms with Crippen molar-refractivity contribution in [2.45, 2.75) is 67.7 Å². The maximum absolute atomic E-state index is 13.3. The molecule has 0 unspecified atom stereocenters. The molecule has 0 saturated heterocycles. The molecule has 0 radical (unpaired) electrons. The fraction of sp³-hybridized carbons (Fsp3) is 0.519. The summed E-state index contributed by atoms with van der Waals surface area (Å²) < 4.78 is 11.9. The highest BCUT2D eigenvalue weighted by molar-refractivity contribution is 7.49. The second-order valence-electron chi connectivity index (χ2n) is 10.2. The molecule has 2 rings (SSSR count). The molecule has 0 aliphatic carbocycles. The van der Waals surface area contributed by atoms with E-state index < -0.39 is 0 Å². The van der Waals surface area contributed by atoms with Gasteiger partial charge in [-0.2, -0.15) is 0 Å². The smallest absolute Gasteiger partial charge is 0.134 e. The van der Waals surface area contributed by atoms with Gasteiger partial charge in [0.25, 0.3) is 0 Å². The fourth-order valence-electron chi connectivity index (χ4n) is 3.21. The maximum atomic E-state index is 13.3. The minimum atomic E-state index is 0.0541. The van der Waals surface area contributed by atoms with E-state index in [0.29, 0.717) is 33.3 Å². The minimum Gasteiger partial charge on any atom is -0.823 e. The van der Waals surface area contributed by atoms with Gasteiger partial charge in [0, 0.05) is 11.4 Å². The minimum absolute atomic E-state index is 0.0541. The van der Waals surface area contributed by atoms with Crippen molar-refractivity contribution in [3.05, 3.63) is 52.6 Å². The standard InChI is InChI=1S/C27H39O3P/c1-17(2)15-29-22-10-11-24(23(14-22)30-16-18(3)4)31-26(28)25-19(5)12-21(13-20(25)6)27(7,8)9/h10-14,17-18,28H,15-16H2,1-9H3/p-1. The Morgan fingerprint density at radius 1 is 0.903 bits per heavy atom. The maximum Gasteiger partial charge on any atom is 0.134 e. The predicted molar refractivity (Wildman–Crippen MR) is 132 cm³/mol. The summed E-state index contributed by atoms with van der Waals surface area (Å²) >= 11 is 0. The predicted octanol–water partition coefficient (Wildman–Crippen LogP) is 5.78. The molecular formula is C27H38O3P-. The van der Waals surface area contributed by atoms with Gasteiger partial charge in [0.05, 0.1) is 13.2 Å². The topological polar surface area (TPSA) is 41.5 Å². The number of hydrogen-bond donors (Lipinski definition) is 0. The third-order valence-electron chi connectivity index (χ3n) is 4.92. The van der Waals surface area contributed by atoms with E-state index in [1.54, 1.807) is 0 Å². The van der Waals surface area contributed by atoms with Gasteiger partial charge in [-0.15, -0.1) is 5.48 Å². The average molecular weight is 442 g/mol. The molecule has 170 valence electrons. The number of benzene rings is 2. The second kappa shape index (κ2) is 10.7. The first-order valence-corrected chi connectivity index (χ1v) is 12.0. The van der Waals surface area contributed by atoms with Gasteiger partial charge in [-0.3, -0.25) is 0 Å². The molecule has 0 amide bonds. The molecule has 31 heavy (non-hydrogen) atoms. The van der Waals surface area contributed by atoms with Crippen molar-refractivity contribution >= 4 is 19.0 Å². The van der Waals surface area contributed by atoms with Crippen molar-refractivity contribution in [2.75, 3.05) is 13.2 Å². The van der Waals surface area contributed by atoms with Crippen LogP contribution >= 0.6 is 8.20 Å². The lowest BCUT2D eigenvalue weighted by Gasteiger charge is -2.25. The van der Waals surface area contributed by atoms with Gasteiger partial charge < -0.3 is 14.6 Å². The van der Waals surface area contributed by atoms with E-state index in [4.69, 9.17) is 9.47 Å². The van der Waals surface area contributed by atoms with Gasteiger partial charge in [0.2, 0.25) is 0 Å². The Hall–Kier alpha value is -1.83. The zero-order valence-corrected chi connectivity index (χ0v) is 21.5. The van der Waals surface area contributed by atoms with Crippen LogP contribution in [-0.2, 0) is 5.41 Å². The van der Waals surface area contributed by atoms with E-state index >= 15 is 0 Å². The summed E-state index contributed by atoms with van der Waals surface area (Å²) in [5.41, 5.74) is 4.28. The van der Waals surface area contributed by atoms with E-state index in [1.807, 2.05) is 32.0 Å². The van der Waals surface area contributed by atoms with Crippen molar-refractivity contribution in [2.24, 2.45) is 11.8 Å². The molecule has 0 fully saturated rings.